The molecule has 1 atom stereocenters. The van der Waals surface area contributed by atoms with Crippen LogP contribution < -0.4 is 10.6 Å². The van der Waals surface area contributed by atoms with Crippen LogP contribution >= 0.6 is 11.3 Å². The summed E-state index contributed by atoms with van der Waals surface area (Å²) in [5, 5.41) is 6.78. The van der Waals surface area contributed by atoms with Crippen molar-refractivity contribution in [1.29, 1.82) is 0 Å². The number of nitrogens with zero attached hydrogens (tertiary/aromatic N) is 2. The normalized spacial score (nSPS) is 13.0. The fraction of sp³-hybridized carbons (Fsp3) is 0.412. The lowest BCUT2D eigenvalue weighted by Crippen LogP contribution is -2.43. The first-order chi connectivity index (χ1) is 10.7. The van der Waals surface area contributed by atoms with Gasteiger partial charge in [0.2, 0.25) is 0 Å². The number of rotatable bonds is 6. The number of thiophene rings is 1. The molecule has 0 radical (unpaired) electrons. The third-order valence-electron chi connectivity index (χ3n) is 3.31. The molecule has 0 aromatic carbocycles. The summed E-state index contributed by atoms with van der Waals surface area (Å²) in [6, 6.07) is 10.7. The molecule has 0 spiro atoms. The van der Waals surface area contributed by atoms with Gasteiger partial charge in [0, 0.05) is 54.1 Å². The van der Waals surface area contributed by atoms with Crippen LogP contribution in [0.1, 0.15) is 22.4 Å². The maximum atomic E-state index is 4.32. The molecule has 118 valence electrons. The van der Waals surface area contributed by atoms with E-state index in [1.807, 2.05) is 35.7 Å². The Morgan fingerprint density at radius 2 is 2.18 bits per heavy atom. The van der Waals surface area contributed by atoms with Crippen LogP contribution in [0.15, 0.2) is 41.5 Å². The largest absolute Gasteiger partial charge is 0.356 e. The lowest BCUT2D eigenvalue weighted by molar-refractivity contribution is 0.644. The molecule has 0 saturated carbocycles. The predicted octanol–water partition coefficient (Wildman–Crippen LogP) is 2.79. The first-order valence-electron chi connectivity index (χ1n) is 7.60. The highest BCUT2D eigenvalue weighted by molar-refractivity contribution is 7.11. The first kappa shape index (κ1) is 16.5. The molecule has 2 heterocycles. The number of hydrogen-bond acceptors (Lipinski definition) is 3. The van der Waals surface area contributed by atoms with E-state index in [4.69, 9.17) is 0 Å². The minimum Gasteiger partial charge on any atom is -0.356 e. The second kappa shape index (κ2) is 8.54. The Balaban J connectivity index is 1.74. The molecular weight excluding hydrogens is 292 g/mol. The molecule has 0 fully saturated rings. The zero-order valence-electron chi connectivity index (χ0n) is 13.5. The van der Waals surface area contributed by atoms with Gasteiger partial charge in [-0.1, -0.05) is 6.07 Å². The predicted molar refractivity (Wildman–Crippen MR) is 94.7 cm³/mol. The average molecular weight is 316 g/mol. The van der Waals surface area contributed by atoms with E-state index in [0.29, 0.717) is 6.04 Å². The van der Waals surface area contributed by atoms with Gasteiger partial charge in [-0.05, 0) is 38.1 Å². The summed E-state index contributed by atoms with van der Waals surface area (Å²) in [5.41, 5.74) is 1.09. The fourth-order valence-electron chi connectivity index (χ4n) is 2.23. The van der Waals surface area contributed by atoms with E-state index in [0.717, 1.165) is 31.0 Å². The summed E-state index contributed by atoms with van der Waals surface area (Å²) >= 11 is 1.86. The highest BCUT2D eigenvalue weighted by Crippen LogP contribution is 2.16. The van der Waals surface area contributed by atoms with Gasteiger partial charge in [0.25, 0.3) is 0 Å². The van der Waals surface area contributed by atoms with Crippen molar-refractivity contribution in [3.05, 3.63) is 52.0 Å². The molecule has 2 aromatic heterocycles. The molecule has 0 aliphatic rings. The Hall–Kier alpha value is -1.88. The maximum absolute atomic E-state index is 4.32. The van der Waals surface area contributed by atoms with Gasteiger partial charge >= 0.3 is 0 Å². The SMILES string of the molecule is CN=C(NCCc1ccccn1)NC(C)Cc1ccc(C)s1. The van der Waals surface area contributed by atoms with Crippen LogP contribution in [0.4, 0.5) is 0 Å². The number of hydrogen-bond donors (Lipinski definition) is 2. The van der Waals surface area contributed by atoms with Crippen molar-refractivity contribution in [3.8, 4) is 0 Å². The highest BCUT2D eigenvalue weighted by atomic mass is 32.1. The second-order valence-electron chi connectivity index (χ2n) is 5.33. The molecule has 2 aromatic rings. The first-order valence-corrected chi connectivity index (χ1v) is 8.41. The van der Waals surface area contributed by atoms with Crippen LogP contribution in [-0.2, 0) is 12.8 Å². The Labute approximate surface area is 136 Å². The topological polar surface area (TPSA) is 49.3 Å². The number of pyridine rings is 1. The van der Waals surface area contributed by atoms with Crippen LogP contribution in [0.25, 0.3) is 0 Å². The van der Waals surface area contributed by atoms with Crippen molar-refractivity contribution in [2.45, 2.75) is 32.7 Å². The summed E-state index contributed by atoms with van der Waals surface area (Å²) in [5.74, 6) is 0.844. The maximum Gasteiger partial charge on any atom is 0.191 e. The summed E-state index contributed by atoms with van der Waals surface area (Å²) in [6.45, 7) is 5.15. The van der Waals surface area contributed by atoms with Gasteiger partial charge in [0.15, 0.2) is 5.96 Å². The molecule has 2 N–H and O–H groups in total. The molecule has 0 aliphatic heterocycles. The number of nitrogens with one attached hydrogen (secondary N) is 2. The molecule has 0 amide bonds. The molecule has 4 nitrogen and oxygen atoms in total. The summed E-state index contributed by atoms with van der Waals surface area (Å²) in [6.07, 6.45) is 3.73. The minimum atomic E-state index is 0.346. The third kappa shape index (κ3) is 5.48. The molecule has 0 aliphatic carbocycles. The highest BCUT2D eigenvalue weighted by Gasteiger charge is 2.07. The molecule has 5 heteroatoms. The van der Waals surface area contributed by atoms with E-state index in [1.165, 1.54) is 9.75 Å². The average Bonchev–Trinajstić information content (AvgIpc) is 2.92. The summed E-state index contributed by atoms with van der Waals surface area (Å²) in [7, 11) is 1.80. The number of guanidine groups is 1. The quantitative estimate of drug-likeness (QED) is 0.636. The van der Waals surface area contributed by atoms with Crippen molar-refractivity contribution in [1.82, 2.24) is 15.6 Å². The van der Waals surface area contributed by atoms with Crippen molar-refractivity contribution >= 4 is 17.3 Å². The van der Waals surface area contributed by atoms with Crippen LogP contribution in [0, 0.1) is 6.92 Å². The number of aryl methyl sites for hydroxylation is 1. The minimum absolute atomic E-state index is 0.346. The number of aromatic nitrogens is 1. The molecule has 0 saturated heterocycles. The monoisotopic (exact) mass is 316 g/mol. The van der Waals surface area contributed by atoms with Gasteiger partial charge in [0.1, 0.15) is 0 Å². The Kier molecular flexibility index (Phi) is 6.40. The molecule has 0 bridgehead atoms. The van der Waals surface area contributed by atoms with Crippen molar-refractivity contribution in [2.24, 2.45) is 4.99 Å². The Bertz CT molecular complexity index is 592. The lowest BCUT2D eigenvalue weighted by atomic mass is 10.2. The third-order valence-corrected chi connectivity index (χ3v) is 4.33. The van der Waals surface area contributed by atoms with Gasteiger partial charge in [0.05, 0.1) is 0 Å². The van der Waals surface area contributed by atoms with E-state index >= 15 is 0 Å². The van der Waals surface area contributed by atoms with Gasteiger partial charge in [-0.3, -0.25) is 9.98 Å². The van der Waals surface area contributed by atoms with E-state index in [9.17, 15) is 0 Å². The van der Waals surface area contributed by atoms with E-state index in [2.05, 4.69) is 46.6 Å². The van der Waals surface area contributed by atoms with Gasteiger partial charge in [-0.25, -0.2) is 0 Å². The van der Waals surface area contributed by atoms with Crippen molar-refractivity contribution < 1.29 is 0 Å². The Morgan fingerprint density at radius 3 is 2.82 bits per heavy atom. The number of aliphatic imine (C=N–C) groups is 1. The van der Waals surface area contributed by atoms with E-state index < -0.39 is 0 Å². The zero-order chi connectivity index (χ0) is 15.8. The molecule has 1 unspecified atom stereocenters. The van der Waals surface area contributed by atoms with Crippen molar-refractivity contribution in [3.63, 3.8) is 0 Å². The Morgan fingerprint density at radius 1 is 1.32 bits per heavy atom. The van der Waals surface area contributed by atoms with Crippen LogP contribution in [0.2, 0.25) is 0 Å². The standard InChI is InChI=1S/C17H24N4S/c1-13(12-16-8-7-14(2)22-16)21-17(18-3)20-11-9-15-6-4-5-10-19-15/h4-8,10,13H,9,11-12H2,1-3H3,(H2,18,20,21). The van der Waals surface area contributed by atoms with Gasteiger partial charge < -0.3 is 10.6 Å². The zero-order valence-corrected chi connectivity index (χ0v) is 14.3. The van der Waals surface area contributed by atoms with Crippen molar-refractivity contribution in [2.75, 3.05) is 13.6 Å². The second-order valence-corrected chi connectivity index (χ2v) is 6.70. The van der Waals surface area contributed by atoms with Gasteiger partial charge in [-0.15, -0.1) is 11.3 Å². The van der Waals surface area contributed by atoms with Gasteiger partial charge in [-0.2, -0.15) is 0 Å². The van der Waals surface area contributed by atoms with Crippen LogP contribution in [-0.4, -0.2) is 30.6 Å². The molecular formula is C17H24N4S. The molecule has 22 heavy (non-hydrogen) atoms. The fourth-order valence-corrected chi connectivity index (χ4v) is 3.25. The van der Waals surface area contributed by atoms with Crippen LogP contribution in [0.3, 0.4) is 0 Å². The van der Waals surface area contributed by atoms with Crippen LogP contribution in [0.5, 0.6) is 0 Å². The smallest absolute Gasteiger partial charge is 0.191 e. The molecule has 2 rings (SSSR count). The van der Waals surface area contributed by atoms with E-state index in [-0.39, 0.29) is 0 Å². The van der Waals surface area contributed by atoms with E-state index in [1.54, 1.807) is 7.05 Å². The summed E-state index contributed by atoms with van der Waals surface area (Å²) < 4.78 is 0. The summed E-state index contributed by atoms with van der Waals surface area (Å²) in [4.78, 5) is 11.4. The lowest BCUT2D eigenvalue weighted by Gasteiger charge is -2.17.